The van der Waals surface area contributed by atoms with Crippen LogP contribution in [0.4, 0.5) is 0 Å². The zero-order valence-corrected chi connectivity index (χ0v) is 24.0. The zero-order chi connectivity index (χ0) is 29.3. The lowest BCUT2D eigenvalue weighted by Crippen LogP contribution is -2.42. The van der Waals surface area contributed by atoms with E-state index in [4.69, 9.17) is 14.2 Å². The average molecular weight is 571 g/mol. The van der Waals surface area contributed by atoms with Crippen LogP contribution in [-0.2, 0) is 20.9 Å². The first-order chi connectivity index (χ1) is 20.5. The van der Waals surface area contributed by atoms with E-state index in [0.29, 0.717) is 56.6 Å². The van der Waals surface area contributed by atoms with Gasteiger partial charge in [-0.2, -0.15) is 0 Å². The molecule has 0 aliphatic carbocycles. The van der Waals surface area contributed by atoms with Crippen molar-refractivity contribution in [2.45, 2.75) is 32.4 Å². The third kappa shape index (κ3) is 7.01. The number of aliphatic hydroxyl groups is 1. The molecule has 2 aliphatic heterocycles. The highest BCUT2D eigenvalue weighted by Gasteiger charge is 2.46. The second-order valence-corrected chi connectivity index (χ2v) is 10.5. The lowest BCUT2D eigenvalue weighted by molar-refractivity contribution is -0.140. The largest absolute Gasteiger partial charge is 0.507 e. The number of ketones is 1. The van der Waals surface area contributed by atoms with Crippen molar-refractivity contribution in [3.63, 3.8) is 0 Å². The molecule has 2 saturated heterocycles. The number of unbranched alkanes of at least 4 members (excludes halogenated alkanes) is 1. The van der Waals surface area contributed by atoms with Crippen LogP contribution in [0.5, 0.6) is 11.5 Å². The normalized spacial score (nSPS) is 18.8. The van der Waals surface area contributed by atoms with Gasteiger partial charge in [-0.15, -0.1) is 0 Å². The van der Waals surface area contributed by atoms with E-state index in [-0.39, 0.29) is 11.3 Å². The molecule has 1 N–H and O–H groups in total. The van der Waals surface area contributed by atoms with Gasteiger partial charge in [0.15, 0.2) is 0 Å². The maximum atomic E-state index is 13.5. The van der Waals surface area contributed by atoms with Crippen molar-refractivity contribution >= 4 is 17.4 Å². The molecular weight excluding hydrogens is 532 g/mol. The molecule has 2 heterocycles. The van der Waals surface area contributed by atoms with Gasteiger partial charge in [-0.3, -0.25) is 14.5 Å². The van der Waals surface area contributed by atoms with Gasteiger partial charge in [0, 0.05) is 31.7 Å². The van der Waals surface area contributed by atoms with Gasteiger partial charge < -0.3 is 24.2 Å². The van der Waals surface area contributed by atoms with Crippen LogP contribution >= 0.6 is 0 Å². The summed E-state index contributed by atoms with van der Waals surface area (Å²) < 4.78 is 17.2. The van der Waals surface area contributed by atoms with Crippen molar-refractivity contribution in [1.29, 1.82) is 0 Å². The number of carbonyl (C=O) groups excluding carboxylic acids is 2. The second kappa shape index (κ2) is 14.2. The molecule has 1 unspecified atom stereocenters. The summed E-state index contributed by atoms with van der Waals surface area (Å²) in [7, 11) is 0. The first-order valence-electron chi connectivity index (χ1n) is 14.6. The van der Waals surface area contributed by atoms with E-state index in [0.717, 1.165) is 37.1 Å². The summed E-state index contributed by atoms with van der Waals surface area (Å²) in [6.07, 6.45) is 1.92. The van der Waals surface area contributed by atoms with Crippen molar-refractivity contribution in [2.24, 2.45) is 0 Å². The number of ether oxygens (including phenoxy) is 3. The maximum absolute atomic E-state index is 13.5. The Morgan fingerprint density at radius 3 is 2.40 bits per heavy atom. The highest BCUT2D eigenvalue weighted by atomic mass is 16.5. The number of likely N-dealkylation sites (tertiary alicyclic amines) is 1. The van der Waals surface area contributed by atoms with Gasteiger partial charge in [0.2, 0.25) is 0 Å². The van der Waals surface area contributed by atoms with Gasteiger partial charge >= 0.3 is 0 Å². The number of nitrogens with zero attached hydrogens (tertiary/aromatic N) is 2. The summed E-state index contributed by atoms with van der Waals surface area (Å²) in [6, 6.07) is 23.6. The highest BCUT2D eigenvalue weighted by Crippen LogP contribution is 2.40. The Kier molecular flexibility index (Phi) is 9.90. The fraction of sp³-hybridized carbons (Fsp3) is 0.353. The lowest BCUT2D eigenvalue weighted by atomic mass is 9.95. The van der Waals surface area contributed by atoms with Gasteiger partial charge in [0.05, 0.1) is 31.4 Å². The number of benzene rings is 3. The van der Waals surface area contributed by atoms with Crippen molar-refractivity contribution in [3.05, 3.63) is 101 Å². The van der Waals surface area contributed by atoms with E-state index < -0.39 is 17.7 Å². The molecule has 1 atom stereocenters. The van der Waals surface area contributed by atoms with Crippen molar-refractivity contribution in [2.75, 3.05) is 46.0 Å². The molecule has 0 spiro atoms. The van der Waals surface area contributed by atoms with Crippen LogP contribution in [0.2, 0.25) is 0 Å². The van der Waals surface area contributed by atoms with Gasteiger partial charge in [-0.25, -0.2) is 0 Å². The van der Waals surface area contributed by atoms with Gasteiger partial charge in [-0.1, -0.05) is 67.9 Å². The smallest absolute Gasteiger partial charge is 0.295 e. The van der Waals surface area contributed by atoms with Crippen LogP contribution in [0.25, 0.3) is 5.76 Å². The Hall–Kier alpha value is -4.14. The number of rotatable bonds is 12. The molecule has 2 aliphatic rings. The van der Waals surface area contributed by atoms with Crippen molar-refractivity contribution < 1.29 is 28.9 Å². The summed E-state index contributed by atoms with van der Waals surface area (Å²) in [5.41, 5.74) is 2.28. The lowest BCUT2D eigenvalue weighted by Gasteiger charge is -2.31. The molecule has 3 aromatic rings. The SMILES string of the molecule is CCCCOc1cccc(C(O)=C2C(=O)C(=O)N(CCN3CCOCC3)C2c2ccc(OCc3ccccc3)cc2)c1. The van der Waals surface area contributed by atoms with Crippen molar-refractivity contribution in [1.82, 2.24) is 9.80 Å². The van der Waals surface area contributed by atoms with Crippen LogP contribution in [0.3, 0.4) is 0 Å². The van der Waals surface area contributed by atoms with E-state index in [9.17, 15) is 14.7 Å². The molecular formula is C34H38N2O6. The topological polar surface area (TPSA) is 88.5 Å². The zero-order valence-electron chi connectivity index (χ0n) is 24.0. The van der Waals surface area contributed by atoms with E-state index in [1.54, 1.807) is 23.1 Å². The van der Waals surface area contributed by atoms with Crippen LogP contribution in [0.1, 0.15) is 42.5 Å². The molecule has 220 valence electrons. The van der Waals surface area contributed by atoms with Crippen LogP contribution in [0, 0.1) is 0 Å². The highest BCUT2D eigenvalue weighted by molar-refractivity contribution is 6.46. The van der Waals surface area contributed by atoms with E-state index in [1.165, 1.54) is 0 Å². The Morgan fingerprint density at radius 2 is 1.67 bits per heavy atom. The number of Topliss-reactive ketones (excluding diaryl/α,β-unsaturated/α-hetero) is 1. The summed E-state index contributed by atoms with van der Waals surface area (Å²) >= 11 is 0. The predicted octanol–water partition coefficient (Wildman–Crippen LogP) is 5.20. The number of aliphatic hydroxyl groups excluding tert-OH is 1. The molecule has 8 heteroatoms. The van der Waals surface area contributed by atoms with E-state index >= 15 is 0 Å². The summed E-state index contributed by atoms with van der Waals surface area (Å²) in [5.74, 6) is -0.247. The van der Waals surface area contributed by atoms with Crippen LogP contribution < -0.4 is 9.47 Å². The molecule has 42 heavy (non-hydrogen) atoms. The molecule has 2 fully saturated rings. The quantitative estimate of drug-likeness (QED) is 0.139. The molecule has 1 amide bonds. The van der Waals surface area contributed by atoms with E-state index in [1.807, 2.05) is 60.7 Å². The minimum atomic E-state index is -0.737. The Morgan fingerprint density at radius 1 is 0.905 bits per heavy atom. The fourth-order valence-electron chi connectivity index (χ4n) is 5.24. The minimum absolute atomic E-state index is 0.0747. The summed E-state index contributed by atoms with van der Waals surface area (Å²) in [6.45, 7) is 6.85. The van der Waals surface area contributed by atoms with Crippen molar-refractivity contribution in [3.8, 4) is 11.5 Å². The van der Waals surface area contributed by atoms with Gasteiger partial charge in [0.1, 0.15) is 23.9 Å². The van der Waals surface area contributed by atoms with Gasteiger partial charge in [0.25, 0.3) is 11.7 Å². The standard InChI is InChI=1S/C34H38N2O6/c1-2-3-20-41-29-11-7-10-27(23-29)32(37)30-31(36(34(39)33(30)38)17-16-35-18-21-40-22-19-35)26-12-14-28(15-13-26)42-24-25-8-5-4-6-9-25/h4-15,23,31,37H,2-3,16-22,24H2,1H3. The van der Waals surface area contributed by atoms with Crippen LogP contribution in [0.15, 0.2) is 84.4 Å². The minimum Gasteiger partial charge on any atom is -0.507 e. The number of amides is 1. The fourth-order valence-corrected chi connectivity index (χ4v) is 5.24. The molecule has 0 aromatic heterocycles. The Bertz CT molecular complexity index is 1380. The Labute approximate surface area is 247 Å². The second-order valence-electron chi connectivity index (χ2n) is 10.5. The number of hydrogen-bond donors (Lipinski definition) is 1. The molecule has 0 radical (unpaired) electrons. The molecule has 5 rings (SSSR count). The van der Waals surface area contributed by atoms with E-state index in [2.05, 4.69) is 11.8 Å². The average Bonchev–Trinajstić information content (AvgIpc) is 3.29. The third-order valence-corrected chi connectivity index (χ3v) is 7.62. The molecule has 3 aromatic carbocycles. The summed E-state index contributed by atoms with van der Waals surface area (Å²) in [5, 5.41) is 11.5. The first-order valence-corrected chi connectivity index (χ1v) is 14.6. The Balaban J connectivity index is 1.44. The number of hydrogen-bond acceptors (Lipinski definition) is 7. The summed E-state index contributed by atoms with van der Waals surface area (Å²) in [4.78, 5) is 30.7. The molecule has 0 bridgehead atoms. The maximum Gasteiger partial charge on any atom is 0.295 e. The number of morpholine rings is 1. The first kappa shape index (κ1) is 29.4. The van der Waals surface area contributed by atoms with Gasteiger partial charge in [-0.05, 0) is 41.8 Å². The molecule has 0 saturated carbocycles. The monoisotopic (exact) mass is 570 g/mol. The van der Waals surface area contributed by atoms with Crippen LogP contribution in [-0.4, -0.2) is 72.6 Å². The molecule has 8 nitrogen and oxygen atoms in total. The number of carbonyl (C=O) groups is 2. The predicted molar refractivity (Wildman–Crippen MR) is 160 cm³/mol. The third-order valence-electron chi connectivity index (χ3n) is 7.62.